The van der Waals surface area contributed by atoms with Crippen LogP contribution >= 0.6 is 0 Å². The Hall–Kier alpha value is -1.64. The SMILES string of the molecule is CCCCC[C@@H]1[C@H](c2ccccc2)[NH+](C)[C@H](c2ccccc2)C[C@]1(O)CCCC. The maximum absolute atomic E-state index is 12.1. The van der Waals surface area contributed by atoms with Gasteiger partial charge in [-0.1, -0.05) is 107 Å². The van der Waals surface area contributed by atoms with Gasteiger partial charge in [0, 0.05) is 23.5 Å². The van der Waals surface area contributed by atoms with Crippen molar-refractivity contribution in [3.8, 4) is 0 Å². The number of aliphatic hydroxyl groups is 1. The van der Waals surface area contributed by atoms with Crippen LogP contribution in [0.4, 0.5) is 0 Å². The quantitative estimate of drug-likeness (QED) is 0.539. The van der Waals surface area contributed by atoms with Crippen LogP contribution in [0.2, 0.25) is 0 Å². The van der Waals surface area contributed by atoms with Gasteiger partial charge in [0.2, 0.25) is 0 Å². The van der Waals surface area contributed by atoms with Crippen molar-refractivity contribution in [2.75, 3.05) is 7.05 Å². The van der Waals surface area contributed by atoms with Gasteiger partial charge in [-0.2, -0.15) is 0 Å². The Balaban J connectivity index is 2.02. The normalized spacial score (nSPS) is 29.7. The lowest BCUT2D eigenvalue weighted by Crippen LogP contribution is -3.12. The molecule has 0 amide bonds. The van der Waals surface area contributed by atoms with E-state index in [2.05, 4.69) is 81.6 Å². The highest BCUT2D eigenvalue weighted by atomic mass is 16.3. The van der Waals surface area contributed by atoms with Gasteiger partial charge in [0.1, 0.15) is 12.1 Å². The molecular formula is C27H40NO+. The van der Waals surface area contributed by atoms with Crippen LogP contribution in [0.5, 0.6) is 0 Å². The topological polar surface area (TPSA) is 24.7 Å². The molecule has 0 saturated carbocycles. The number of hydrogen-bond donors (Lipinski definition) is 2. The first-order chi connectivity index (χ1) is 14.1. The average Bonchev–Trinajstić information content (AvgIpc) is 2.76. The Morgan fingerprint density at radius 2 is 1.45 bits per heavy atom. The summed E-state index contributed by atoms with van der Waals surface area (Å²) in [4.78, 5) is 1.53. The third-order valence-corrected chi connectivity index (χ3v) is 7.13. The molecule has 1 unspecified atom stereocenters. The van der Waals surface area contributed by atoms with Crippen molar-refractivity contribution in [1.29, 1.82) is 0 Å². The predicted molar refractivity (Wildman–Crippen MR) is 122 cm³/mol. The van der Waals surface area contributed by atoms with E-state index in [0.29, 0.717) is 18.0 Å². The summed E-state index contributed by atoms with van der Waals surface area (Å²) >= 11 is 0. The van der Waals surface area contributed by atoms with Gasteiger partial charge < -0.3 is 10.0 Å². The Morgan fingerprint density at radius 1 is 0.862 bits per heavy atom. The van der Waals surface area contributed by atoms with Crippen molar-refractivity contribution >= 4 is 0 Å². The van der Waals surface area contributed by atoms with Crippen molar-refractivity contribution < 1.29 is 10.0 Å². The molecule has 0 aliphatic carbocycles. The molecule has 2 N–H and O–H groups in total. The zero-order valence-corrected chi connectivity index (χ0v) is 18.6. The highest BCUT2D eigenvalue weighted by Crippen LogP contribution is 2.45. The molecule has 1 aliphatic rings. The molecule has 1 aliphatic heterocycles. The van der Waals surface area contributed by atoms with Gasteiger partial charge in [-0.3, -0.25) is 0 Å². The first-order valence-corrected chi connectivity index (χ1v) is 11.8. The Kier molecular flexibility index (Phi) is 7.91. The van der Waals surface area contributed by atoms with Gasteiger partial charge in [-0.15, -0.1) is 0 Å². The van der Waals surface area contributed by atoms with E-state index < -0.39 is 5.60 Å². The minimum absolute atomic E-state index is 0.308. The molecule has 1 fully saturated rings. The second-order valence-corrected chi connectivity index (χ2v) is 9.11. The molecule has 3 rings (SSSR count). The maximum atomic E-state index is 12.1. The van der Waals surface area contributed by atoms with Crippen molar-refractivity contribution in [1.82, 2.24) is 0 Å². The van der Waals surface area contributed by atoms with Gasteiger partial charge in [0.15, 0.2) is 0 Å². The number of nitrogens with one attached hydrogen (secondary N) is 1. The van der Waals surface area contributed by atoms with Crippen molar-refractivity contribution in [2.24, 2.45) is 5.92 Å². The largest absolute Gasteiger partial charge is 0.389 e. The fourth-order valence-electron chi connectivity index (χ4n) is 5.55. The molecule has 0 aromatic heterocycles. The highest BCUT2D eigenvalue weighted by molar-refractivity contribution is 5.23. The second kappa shape index (κ2) is 10.4. The molecule has 5 atom stereocenters. The molecule has 1 saturated heterocycles. The number of quaternary nitrogens is 1. The molecule has 29 heavy (non-hydrogen) atoms. The number of hydrogen-bond acceptors (Lipinski definition) is 1. The number of piperidine rings is 1. The van der Waals surface area contributed by atoms with Crippen molar-refractivity contribution in [3.05, 3.63) is 71.8 Å². The smallest absolute Gasteiger partial charge is 0.119 e. The molecule has 2 heteroatoms. The van der Waals surface area contributed by atoms with E-state index in [4.69, 9.17) is 0 Å². The number of rotatable bonds is 9. The van der Waals surface area contributed by atoms with E-state index in [-0.39, 0.29) is 0 Å². The Bertz CT molecular complexity index is 716. The van der Waals surface area contributed by atoms with E-state index in [1.807, 2.05) is 0 Å². The lowest BCUT2D eigenvalue weighted by atomic mass is 9.66. The fourth-order valence-corrected chi connectivity index (χ4v) is 5.55. The Morgan fingerprint density at radius 3 is 2.03 bits per heavy atom. The van der Waals surface area contributed by atoms with E-state index in [1.165, 1.54) is 35.3 Å². The summed E-state index contributed by atoms with van der Waals surface area (Å²) in [5.41, 5.74) is 2.14. The molecule has 2 aromatic rings. The van der Waals surface area contributed by atoms with Crippen LogP contribution < -0.4 is 4.90 Å². The third kappa shape index (κ3) is 5.10. The van der Waals surface area contributed by atoms with Crippen LogP contribution in [0.15, 0.2) is 60.7 Å². The lowest BCUT2D eigenvalue weighted by Gasteiger charge is -2.51. The summed E-state index contributed by atoms with van der Waals surface area (Å²) in [7, 11) is 2.35. The number of likely N-dealkylation sites (tertiary alicyclic amines) is 1. The zero-order valence-electron chi connectivity index (χ0n) is 18.6. The molecular weight excluding hydrogens is 354 g/mol. The zero-order chi connectivity index (χ0) is 20.7. The minimum Gasteiger partial charge on any atom is -0.389 e. The van der Waals surface area contributed by atoms with Crippen LogP contribution in [0.3, 0.4) is 0 Å². The molecule has 158 valence electrons. The van der Waals surface area contributed by atoms with Crippen LogP contribution in [0, 0.1) is 5.92 Å². The van der Waals surface area contributed by atoms with Crippen LogP contribution in [-0.2, 0) is 0 Å². The van der Waals surface area contributed by atoms with Crippen LogP contribution in [0.25, 0.3) is 0 Å². The van der Waals surface area contributed by atoms with Gasteiger partial charge in [-0.05, 0) is 12.8 Å². The molecule has 0 bridgehead atoms. The van der Waals surface area contributed by atoms with Crippen LogP contribution in [0.1, 0.15) is 88.4 Å². The summed E-state index contributed by atoms with van der Waals surface area (Å²) in [6.07, 6.45) is 8.83. The second-order valence-electron chi connectivity index (χ2n) is 9.11. The molecule has 0 radical (unpaired) electrons. The standard InChI is InChI=1S/C27H39NO/c1-4-6-10-19-24-26(23-17-13-9-14-18-23)28(3)25(22-15-11-8-12-16-22)21-27(24,29)20-7-5-2/h8-9,11-18,24-26,29H,4-7,10,19-21H2,1-3H3/p+1/t24-,25+,26+,27-/m1/s1. The lowest BCUT2D eigenvalue weighted by molar-refractivity contribution is -0.957. The van der Waals surface area contributed by atoms with Crippen molar-refractivity contribution in [3.63, 3.8) is 0 Å². The predicted octanol–water partition coefficient (Wildman–Crippen LogP) is 5.51. The third-order valence-electron chi connectivity index (χ3n) is 7.13. The number of benzene rings is 2. The van der Waals surface area contributed by atoms with E-state index in [9.17, 15) is 5.11 Å². The van der Waals surface area contributed by atoms with E-state index in [0.717, 1.165) is 32.1 Å². The van der Waals surface area contributed by atoms with Gasteiger partial charge in [0.05, 0.1) is 12.6 Å². The fraction of sp³-hybridized carbons (Fsp3) is 0.556. The molecule has 1 heterocycles. The summed E-state index contributed by atoms with van der Waals surface area (Å²) in [5.74, 6) is 0.308. The summed E-state index contributed by atoms with van der Waals surface area (Å²) in [5, 5.41) is 12.1. The van der Waals surface area contributed by atoms with E-state index >= 15 is 0 Å². The summed E-state index contributed by atoms with van der Waals surface area (Å²) < 4.78 is 0. The molecule has 2 nitrogen and oxygen atoms in total. The molecule has 2 aromatic carbocycles. The van der Waals surface area contributed by atoms with Gasteiger partial charge in [-0.25, -0.2) is 0 Å². The van der Waals surface area contributed by atoms with Gasteiger partial charge in [0.25, 0.3) is 0 Å². The first kappa shape index (κ1) is 22.1. The summed E-state index contributed by atoms with van der Waals surface area (Å²) in [6.45, 7) is 4.50. The minimum atomic E-state index is -0.593. The first-order valence-electron chi connectivity index (χ1n) is 11.8. The molecule has 0 spiro atoms. The number of unbranched alkanes of at least 4 members (excludes halogenated alkanes) is 3. The van der Waals surface area contributed by atoms with Crippen molar-refractivity contribution in [2.45, 2.75) is 82.9 Å². The summed E-state index contributed by atoms with van der Waals surface area (Å²) in [6, 6.07) is 22.5. The maximum Gasteiger partial charge on any atom is 0.119 e. The van der Waals surface area contributed by atoms with Gasteiger partial charge >= 0.3 is 0 Å². The monoisotopic (exact) mass is 394 g/mol. The highest BCUT2D eigenvalue weighted by Gasteiger charge is 2.53. The Labute approximate surface area is 178 Å². The van der Waals surface area contributed by atoms with Crippen LogP contribution in [-0.4, -0.2) is 17.8 Å². The van der Waals surface area contributed by atoms with E-state index in [1.54, 1.807) is 0 Å². The average molecular weight is 395 g/mol.